The van der Waals surface area contributed by atoms with Crippen molar-refractivity contribution < 1.29 is 9.59 Å². The number of amides is 2. The van der Waals surface area contributed by atoms with Crippen LogP contribution in [0.3, 0.4) is 0 Å². The van der Waals surface area contributed by atoms with Crippen LogP contribution in [0.2, 0.25) is 0 Å². The predicted octanol–water partition coefficient (Wildman–Crippen LogP) is 2.98. The minimum atomic E-state index is -0.460. The summed E-state index contributed by atoms with van der Waals surface area (Å²) in [5, 5.41) is 2.91. The molecular formula is C18H28N2O2. The molecule has 4 heteroatoms. The molecule has 0 bridgehead atoms. The molecule has 0 heterocycles. The number of hydrogen-bond donors (Lipinski definition) is 1. The van der Waals surface area contributed by atoms with Gasteiger partial charge in [0, 0.05) is 19.5 Å². The Balaban J connectivity index is 2.80. The standard InChI is InChI=1S/C18H28N2O2/c1-5-9-17(21)20(13-16-10-7-6-8-11-16)15(4)18(22)19-12-14(2)3/h6-8,10-11,14-15H,5,9,12-13H2,1-4H3,(H,19,22)/t15-/m1/s1. The summed E-state index contributed by atoms with van der Waals surface area (Å²) in [4.78, 5) is 26.3. The maximum atomic E-state index is 12.4. The molecule has 22 heavy (non-hydrogen) atoms. The quantitative estimate of drug-likeness (QED) is 0.802. The monoisotopic (exact) mass is 304 g/mol. The molecule has 0 saturated heterocycles. The van der Waals surface area contributed by atoms with Crippen molar-refractivity contribution >= 4 is 11.8 Å². The highest BCUT2D eigenvalue weighted by atomic mass is 16.2. The van der Waals surface area contributed by atoms with Crippen LogP contribution < -0.4 is 5.32 Å². The fourth-order valence-electron chi connectivity index (χ4n) is 2.17. The Morgan fingerprint density at radius 2 is 1.77 bits per heavy atom. The number of rotatable bonds is 8. The molecule has 0 fully saturated rings. The summed E-state index contributed by atoms with van der Waals surface area (Å²) in [5.41, 5.74) is 1.04. The van der Waals surface area contributed by atoms with E-state index >= 15 is 0 Å². The minimum absolute atomic E-state index is 0.0264. The van der Waals surface area contributed by atoms with Crippen LogP contribution >= 0.6 is 0 Å². The molecule has 0 unspecified atom stereocenters. The van der Waals surface area contributed by atoms with Gasteiger partial charge in [-0.25, -0.2) is 0 Å². The first kappa shape index (κ1) is 18.2. The van der Waals surface area contributed by atoms with Gasteiger partial charge in [-0.2, -0.15) is 0 Å². The van der Waals surface area contributed by atoms with Crippen LogP contribution in [-0.2, 0) is 16.1 Å². The Bertz CT molecular complexity index is 471. The summed E-state index contributed by atoms with van der Waals surface area (Å²) in [6.07, 6.45) is 1.25. The van der Waals surface area contributed by atoms with E-state index in [0.29, 0.717) is 25.4 Å². The van der Waals surface area contributed by atoms with Crippen molar-refractivity contribution in [2.75, 3.05) is 6.54 Å². The van der Waals surface area contributed by atoms with Crippen LogP contribution in [-0.4, -0.2) is 29.3 Å². The van der Waals surface area contributed by atoms with E-state index in [1.54, 1.807) is 11.8 Å². The van der Waals surface area contributed by atoms with Crippen LogP contribution in [0.5, 0.6) is 0 Å². The summed E-state index contributed by atoms with van der Waals surface area (Å²) in [6.45, 7) is 8.97. The van der Waals surface area contributed by atoms with E-state index in [0.717, 1.165) is 12.0 Å². The second kappa shape index (κ2) is 9.23. The van der Waals surface area contributed by atoms with Gasteiger partial charge in [0.2, 0.25) is 11.8 Å². The van der Waals surface area contributed by atoms with Gasteiger partial charge in [0.05, 0.1) is 0 Å². The highest BCUT2D eigenvalue weighted by Gasteiger charge is 2.25. The lowest BCUT2D eigenvalue weighted by Gasteiger charge is -2.29. The third-order valence-electron chi connectivity index (χ3n) is 3.51. The summed E-state index contributed by atoms with van der Waals surface area (Å²) < 4.78 is 0. The average molecular weight is 304 g/mol. The van der Waals surface area contributed by atoms with Crippen molar-refractivity contribution in [1.82, 2.24) is 10.2 Å². The second-order valence-corrected chi connectivity index (χ2v) is 6.07. The molecule has 0 aliphatic carbocycles. The zero-order valence-corrected chi connectivity index (χ0v) is 14.1. The first-order valence-electron chi connectivity index (χ1n) is 8.06. The number of benzene rings is 1. The van der Waals surface area contributed by atoms with Crippen molar-refractivity contribution in [1.29, 1.82) is 0 Å². The molecule has 1 rings (SSSR count). The van der Waals surface area contributed by atoms with Gasteiger partial charge in [0.25, 0.3) is 0 Å². The van der Waals surface area contributed by atoms with Gasteiger partial charge in [-0.1, -0.05) is 51.1 Å². The molecule has 0 spiro atoms. The molecule has 1 N–H and O–H groups in total. The van der Waals surface area contributed by atoms with Gasteiger partial charge in [-0.15, -0.1) is 0 Å². The van der Waals surface area contributed by atoms with E-state index in [1.807, 2.05) is 37.3 Å². The highest BCUT2D eigenvalue weighted by molar-refractivity contribution is 5.87. The van der Waals surface area contributed by atoms with E-state index in [4.69, 9.17) is 0 Å². The van der Waals surface area contributed by atoms with Crippen molar-refractivity contribution in [3.05, 3.63) is 35.9 Å². The van der Waals surface area contributed by atoms with Crippen LogP contribution in [0.25, 0.3) is 0 Å². The summed E-state index contributed by atoms with van der Waals surface area (Å²) in [6, 6.07) is 9.33. The van der Waals surface area contributed by atoms with Gasteiger partial charge < -0.3 is 10.2 Å². The molecule has 0 aliphatic rings. The first-order valence-corrected chi connectivity index (χ1v) is 8.06. The van der Waals surface area contributed by atoms with Crippen LogP contribution in [0.15, 0.2) is 30.3 Å². The zero-order chi connectivity index (χ0) is 16.5. The largest absolute Gasteiger partial charge is 0.354 e. The third kappa shape index (κ3) is 5.88. The lowest BCUT2D eigenvalue weighted by atomic mass is 10.1. The molecule has 0 saturated carbocycles. The van der Waals surface area contributed by atoms with Crippen molar-refractivity contribution in [3.63, 3.8) is 0 Å². The van der Waals surface area contributed by atoms with Crippen LogP contribution in [0, 0.1) is 5.92 Å². The summed E-state index contributed by atoms with van der Waals surface area (Å²) in [7, 11) is 0. The number of carbonyl (C=O) groups is 2. The van der Waals surface area contributed by atoms with Crippen molar-refractivity contribution in [3.8, 4) is 0 Å². The molecule has 1 aromatic carbocycles. The smallest absolute Gasteiger partial charge is 0.242 e. The van der Waals surface area contributed by atoms with Gasteiger partial charge in [-0.3, -0.25) is 9.59 Å². The van der Waals surface area contributed by atoms with E-state index in [9.17, 15) is 9.59 Å². The fraction of sp³-hybridized carbons (Fsp3) is 0.556. The lowest BCUT2D eigenvalue weighted by Crippen LogP contribution is -2.48. The average Bonchev–Trinajstić information content (AvgIpc) is 2.50. The van der Waals surface area contributed by atoms with Crippen LogP contribution in [0.1, 0.15) is 46.1 Å². The Labute approximate surface area is 133 Å². The first-order chi connectivity index (χ1) is 10.5. The van der Waals surface area contributed by atoms with E-state index in [1.165, 1.54) is 0 Å². The predicted molar refractivity (Wildman–Crippen MR) is 89.2 cm³/mol. The van der Waals surface area contributed by atoms with E-state index in [2.05, 4.69) is 19.2 Å². The third-order valence-corrected chi connectivity index (χ3v) is 3.51. The molecular weight excluding hydrogens is 276 g/mol. The van der Waals surface area contributed by atoms with Gasteiger partial charge in [0.1, 0.15) is 6.04 Å². The number of hydrogen-bond acceptors (Lipinski definition) is 2. The Morgan fingerprint density at radius 3 is 2.32 bits per heavy atom. The minimum Gasteiger partial charge on any atom is -0.354 e. The molecule has 4 nitrogen and oxygen atoms in total. The molecule has 2 amide bonds. The highest BCUT2D eigenvalue weighted by Crippen LogP contribution is 2.11. The van der Waals surface area contributed by atoms with Crippen LogP contribution in [0.4, 0.5) is 0 Å². The molecule has 122 valence electrons. The van der Waals surface area contributed by atoms with E-state index < -0.39 is 6.04 Å². The second-order valence-electron chi connectivity index (χ2n) is 6.07. The molecule has 1 atom stereocenters. The Morgan fingerprint density at radius 1 is 1.14 bits per heavy atom. The number of nitrogens with zero attached hydrogens (tertiary/aromatic N) is 1. The van der Waals surface area contributed by atoms with E-state index in [-0.39, 0.29) is 11.8 Å². The maximum absolute atomic E-state index is 12.4. The maximum Gasteiger partial charge on any atom is 0.242 e. The van der Waals surface area contributed by atoms with Crippen molar-refractivity contribution in [2.45, 2.75) is 53.1 Å². The molecule has 0 aromatic heterocycles. The molecule has 0 aliphatic heterocycles. The topological polar surface area (TPSA) is 49.4 Å². The normalized spacial score (nSPS) is 12.0. The summed E-state index contributed by atoms with van der Waals surface area (Å²) >= 11 is 0. The number of nitrogens with one attached hydrogen (secondary N) is 1. The van der Waals surface area contributed by atoms with Crippen molar-refractivity contribution in [2.24, 2.45) is 5.92 Å². The Hall–Kier alpha value is -1.84. The molecule has 0 radical (unpaired) electrons. The zero-order valence-electron chi connectivity index (χ0n) is 14.1. The number of carbonyl (C=O) groups excluding carboxylic acids is 2. The van der Waals surface area contributed by atoms with Gasteiger partial charge >= 0.3 is 0 Å². The lowest BCUT2D eigenvalue weighted by molar-refractivity contribution is -0.140. The SMILES string of the molecule is CCCC(=O)N(Cc1ccccc1)[C@H](C)C(=O)NCC(C)C. The van der Waals surface area contributed by atoms with Gasteiger partial charge in [0.15, 0.2) is 0 Å². The molecule has 1 aromatic rings. The fourth-order valence-corrected chi connectivity index (χ4v) is 2.17. The Kier molecular flexibility index (Phi) is 7.64. The van der Waals surface area contributed by atoms with Gasteiger partial charge in [-0.05, 0) is 24.8 Å². The summed E-state index contributed by atoms with van der Waals surface area (Å²) in [5.74, 6) is 0.331.